The largest absolute Gasteiger partial charge is 0.367 e. The summed E-state index contributed by atoms with van der Waals surface area (Å²) in [6.07, 6.45) is 2.02. The molecule has 0 aliphatic rings. The van der Waals surface area contributed by atoms with E-state index in [1.807, 2.05) is 18.3 Å². The van der Waals surface area contributed by atoms with Crippen molar-refractivity contribution in [2.75, 3.05) is 0 Å². The molecule has 0 radical (unpaired) electrons. The summed E-state index contributed by atoms with van der Waals surface area (Å²) in [5, 5.41) is 14.8. The summed E-state index contributed by atoms with van der Waals surface area (Å²) in [7, 11) is 0. The number of nitrogens with one attached hydrogen (secondary N) is 2. The van der Waals surface area contributed by atoms with Crippen LogP contribution in [-0.2, 0) is 0 Å². The first-order valence-corrected chi connectivity index (χ1v) is 11.4. The first-order valence-electron chi connectivity index (χ1n) is 10.6. The molecule has 0 aliphatic carbocycles. The molecule has 2 nitrogen and oxygen atoms in total. The van der Waals surface area contributed by atoms with Crippen LogP contribution in [0.3, 0.4) is 0 Å². The molecule has 0 saturated carbocycles. The third-order valence-corrected chi connectivity index (χ3v) is 7.53. The highest BCUT2D eigenvalue weighted by molar-refractivity contribution is 7.25. The SMILES string of the molecule is CC#Cc1ccc2sc3ccc(C(CC)NC(=N)C(C)(C)C(C)CC)cc3c2c1. The van der Waals surface area contributed by atoms with E-state index in [4.69, 9.17) is 5.41 Å². The normalized spacial score (nSPS) is 13.7. The van der Waals surface area contributed by atoms with E-state index >= 15 is 0 Å². The molecule has 152 valence electrons. The van der Waals surface area contributed by atoms with E-state index in [9.17, 15) is 0 Å². The van der Waals surface area contributed by atoms with Gasteiger partial charge in [0.05, 0.1) is 11.9 Å². The van der Waals surface area contributed by atoms with Crippen LogP contribution in [0.15, 0.2) is 36.4 Å². The maximum Gasteiger partial charge on any atom is 0.0996 e. The first-order chi connectivity index (χ1) is 13.8. The number of hydrogen-bond acceptors (Lipinski definition) is 2. The third kappa shape index (κ3) is 4.19. The average molecular weight is 405 g/mol. The van der Waals surface area contributed by atoms with Gasteiger partial charge in [0.2, 0.25) is 0 Å². The Morgan fingerprint density at radius 1 is 1.07 bits per heavy atom. The quantitative estimate of drug-likeness (QED) is 0.249. The monoisotopic (exact) mass is 404 g/mol. The van der Waals surface area contributed by atoms with E-state index in [0.717, 1.165) is 18.4 Å². The van der Waals surface area contributed by atoms with E-state index in [-0.39, 0.29) is 11.5 Å². The van der Waals surface area contributed by atoms with E-state index in [1.54, 1.807) is 0 Å². The Labute approximate surface area is 179 Å². The van der Waals surface area contributed by atoms with Crippen LogP contribution in [0.4, 0.5) is 0 Å². The second kappa shape index (κ2) is 8.59. The van der Waals surface area contributed by atoms with Gasteiger partial charge in [-0.05, 0) is 55.2 Å². The molecular formula is C26H32N2S. The fraction of sp³-hybridized carbons (Fsp3) is 0.423. The molecule has 3 heteroatoms. The molecule has 2 atom stereocenters. The zero-order valence-electron chi connectivity index (χ0n) is 18.4. The van der Waals surface area contributed by atoms with Crippen molar-refractivity contribution in [1.29, 1.82) is 5.41 Å². The Hall–Kier alpha value is -2.31. The number of benzene rings is 2. The third-order valence-electron chi connectivity index (χ3n) is 6.38. The Morgan fingerprint density at radius 3 is 2.34 bits per heavy atom. The highest BCUT2D eigenvalue weighted by Gasteiger charge is 2.31. The lowest BCUT2D eigenvalue weighted by Gasteiger charge is -2.34. The van der Waals surface area contributed by atoms with Gasteiger partial charge < -0.3 is 5.32 Å². The van der Waals surface area contributed by atoms with Crippen LogP contribution < -0.4 is 5.32 Å². The van der Waals surface area contributed by atoms with Gasteiger partial charge in [-0.1, -0.05) is 53.0 Å². The fourth-order valence-electron chi connectivity index (χ4n) is 3.77. The van der Waals surface area contributed by atoms with Crippen molar-refractivity contribution in [3.8, 4) is 11.8 Å². The van der Waals surface area contributed by atoms with Gasteiger partial charge in [0.1, 0.15) is 0 Å². The van der Waals surface area contributed by atoms with Crippen molar-refractivity contribution in [2.45, 2.75) is 60.4 Å². The summed E-state index contributed by atoms with van der Waals surface area (Å²) < 4.78 is 2.60. The van der Waals surface area contributed by atoms with Gasteiger partial charge in [-0.3, -0.25) is 5.41 Å². The summed E-state index contributed by atoms with van der Waals surface area (Å²) in [5.74, 6) is 7.27. The Kier molecular flexibility index (Phi) is 6.34. The van der Waals surface area contributed by atoms with Crippen LogP contribution >= 0.6 is 11.3 Å². The van der Waals surface area contributed by atoms with Gasteiger partial charge in [0, 0.05) is 31.2 Å². The van der Waals surface area contributed by atoms with Crippen LogP contribution in [0.2, 0.25) is 0 Å². The van der Waals surface area contributed by atoms with Gasteiger partial charge in [-0.25, -0.2) is 0 Å². The molecule has 1 heterocycles. The molecule has 0 saturated heterocycles. The Bertz CT molecular complexity index is 1090. The standard InChI is InChI=1S/C26H32N2S/c1-7-10-18-11-13-23-20(15-18)21-16-19(12-14-24(21)29-23)22(9-3)28-25(27)26(5,6)17(4)8-2/h11-17,22H,8-9H2,1-6H3,(H2,27,28). The molecule has 0 spiro atoms. The minimum absolute atomic E-state index is 0.142. The van der Waals surface area contributed by atoms with Gasteiger partial charge in [0.15, 0.2) is 0 Å². The molecule has 0 aliphatic heterocycles. The molecule has 3 aromatic rings. The topological polar surface area (TPSA) is 35.9 Å². The molecule has 0 fully saturated rings. The van der Waals surface area contributed by atoms with Crippen LogP contribution in [-0.4, -0.2) is 5.84 Å². The summed E-state index contributed by atoms with van der Waals surface area (Å²) in [5.41, 5.74) is 2.15. The summed E-state index contributed by atoms with van der Waals surface area (Å²) in [4.78, 5) is 0. The van der Waals surface area contributed by atoms with Crippen molar-refractivity contribution in [2.24, 2.45) is 11.3 Å². The summed E-state index contributed by atoms with van der Waals surface area (Å²) >= 11 is 1.83. The number of amidine groups is 1. The van der Waals surface area contributed by atoms with Gasteiger partial charge >= 0.3 is 0 Å². The Morgan fingerprint density at radius 2 is 1.72 bits per heavy atom. The zero-order valence-corrected chi connectivity index (χ0v) is 19.3. The lowest BCUT2D eigenvalue weighted by atomic mass is 9.77. The predicted octanol–water partition coefficient (Wildman–Crippen LogP) is 7.52. The smallest absolute Gasteiger partial charge is 0.0996 e. The second-order valence-corrected chi connectivity index (χ2v) is 9.54. The molecule has 1 aromatic heterocycles. The number of rotatable bonds is 6. The van der Waals surface area contributed by atoms with Gasteiger partial charge in [-0.15, -0.1) is 17.3 Å². The van der Waals surface area contributed by atoms with Crippen molar-refractivity contribution >= 4 is 37.3 Å². The van der Waals surface area contributed by atoms with Crippen LogP contribution in [0.5, 0.6) is 0 Å². The Balaban J connectivity index is 1.98. The van der Waals surface area contributed by atoms with E-state index in [0.29, 0.717) is 11.8 Å². The fourth-order valence-corrected chi connectivity index (χ4v) is 4.84. The van der Waals surface area contributed by atoms with Gasteiger partial charge in [0.25, 0.3) is 0 Å². The highest BCUT2D eigenvalue weighted by Crippen LogP contribution is 2.37. The molecule has 0 amide bonds. The molecule has 29 heavy (non-hydrogen) atoms. The van der Waals surface area contributed by atoms with Crippen molar-refractivity contribution in [1.82, 2.24) is 5.32 Å². The maximum atomic E-state index is 8.72. The molecule has 2 N–H and O–H groups in total. The minimum Gasteiger partial charge on any atom is -0.367 e. The molecular weight excluding hydrogens is 372 g/mol. The van der Waals surface area contributed by atoms with Crippen LogP contribution in [0, 0.1) is 28.6 Å². The summed E-state index contributed by atoms with van der Waals surface area (Å²) in [6, 6.07) is 13.4. The first kappa shape index (κ1) is 21.4. The van der Waals surface area contributed by atoms with E-state index < -0.39 is 0 Å². The molecule has 2 unspecified atom stereocenters. The second-order valence-electron chi connectivity index (χ2n) is 8.45. The van der Waals surface area contributed by atoms with Crippen molar-refractivity contribution < 1.29 is 0 Å². The van der Waals surface area contributed by atoms with Crippen molar-refractivity contribution in [3.05, 3.63) is 47.5 Å². The van der Waals surface area contributed by atoms with Crippen molar-refractivity contribution in [3.63, 3.8) is 0 Å². The lowest BCUT2D eigenvalue weighted by Crippen LogP contribution is -2.42. The lowest BCUT2D eigenvalue weighted by molar-refractivity contribution is 0.313. The summed E-state index contributed by atoms with van der Waals surface area (Å²) in [6.45, 7) is 12.8. The number of thiophene rings is 1. The number of fused-ring (bicyclic) bond motifs is 3. The van der Waals surface area contributed by atoms with E-state index in [2.05, 4.69) is 88.2 Å². The highest BCUT2D eigenvalue weighted by atomic mass is 32.1. The predicted molar refractivity (Wildman–Crippen MR) is 129 cm³/mol. The molecule has 2 aromatic carbocycles. The van der Waals surface area contributed by atoms with E-state index in [1.165, 1.54) is 25.7 Å². The average Bonchev–Trinajstić information content (AvgIpc) is 3.08. The molecule has 3 rings (SSSR count). The van der Waals surface area contributed by atoms with Gasteiger partial charge in [-0.2, -0.15) is 0 Å². The minimum atomic E-state index is -0.158. The zero-order chi connectivity index (χ0) is 21.2. The van der Waals surface area contributed by atoms with Crippen LogP contribution in [0.1, 0.15) is 71.6 Å². The van der Waals surface area contributed by atoms with Crippen LogP contribution in [0.25, 0.3) is 20.2 Å². The molecule has 0 bridgehead atoms. The number of hydrogen-bond donors (Lipinski definition) is 2. The maximum absolute atomic E-state index is 8.72.